The molecule has 1 saturated heterocycles. The molecule has 7 atom stereocenters. The molecule has 0 aromatic heterocycles. The highest BCUT2D eigenvalue weighted by molar-refractivity contribution is 5.89. The smallest absolute Gasteiger partial charge is 0.164 e. The summed E-state index contributed by atoms with van der Waals surface area (Å²) in [5.41, 5.74) is -0.00234. The van der Waals surface area contributed by atoms with Gasteiger partial charge in [0.2, 0.25) is 0 Å². The van der Waals surface area contributed by atoms with Crippen LogP contribution in [0.15, 0.2) is 0 Å². The van der Waals surface area contributed by atoms with Crippen molar-refractivity contribution in [3.05, 3.63) is 0 Å². The van der Waals surface area contributed by atoms with Crippen molar-refractivity contribution in [1.29, 1.82) is 0 Å². The normalized spacial score (nSPS) is 59.4. The summed E-state index contributed by atoms with van der Waals surface area (Å²) in [6, 6.07) is 0. The third kappa shape index (κ3) is 1.31. The molecule has 3 heteroatoms. The van der Waals surface area contributed by atoms with Crippen molar-refractivity contribution in [3.63, 3.8) is 0 Å². The van der Waals surface area contributed by atoms with E-state index in [0.717, 1.165) is 44.9 Å². The molecule has 22 heavy (non-hydrogen) atoms. The Morgan fingerprint density at radius 1 is 0.955 bits per heavy atom. The molecule has 0 radical (unpaired) electrons. The van der Waals surface area contributed by atoms with Crippen molar-refractivity contribution in [2.75, 3.05) is 0 Å². The molecule has 1 heterocycles. The average molecular weight is 302 g/mol. The number of fused-ring (bicyclic) bond motifs is 4. The predicted molar refractivity (Wildman–Crippen MR) is 81.2 cm³/mol. The van der Waals surface area contributed by atoms with Crippen molar-refractivity contribution >= 4 is 11.6 Å². The zero-order chi connectivity index (χ0) is 15.3. The van der Waals surface area contributed by atoms with Gasteiger partial charge in [-0.3, -0.25) is 9.59 Å². The third-order valence-electron chi connectivity index (χ3n) is 8.66. The number of ether oxygens (including phenoxy) is 1. The van der Waals surface area contributed by atoms with Gasteiger partial charge in [0.1, 0.15) is 17.5 Å². The topological polar surface area (TPSA) is 46.7 Å². The first-order valence-corrected chi connectivity index (χ1v) is 9.16. The average Bonchev–Trinajstić information content (AvgIpc) is 3.17. The Hall–Kier alpha value is -0.700. The van der Waals surface area contributed by atoms with Crippen LogP contribution in [0, 0.1) is 28.6 Å². The summed E-state index contributed by atoms with van der Waals surface area (Å²) in [5.74, 6) is 2.78. The van der Waals surface area contributed by atoms with Gasteiger partial charge in [-0.15, -0.1) is 0 Å². The van der Waals surface area contributed by atoms with E-state index in [1.807, 2.05) is 0 Å². The minimum Gasteiger partial charge on any atom is -0.357 e. The van der Waals surface area contributed by atoms with Crippen LogP contribution in [0.1, 0.15) is 65.2 Å². The summed E-state index contributed by atoms with van der Waals surface area (Å²) in [6.45, 7) is 4.63. The quantitative estimate of drug-likeness (QED) is 0.645. The van der Waals surface area contributed by atoms with Crippen LogP contribution in [0.3, 0.4) is 0 Å². The maximum Gasteiger partial charge on any atom is 0.164 e. The Labute approximate surface area is 132 Å². The van der Waals surface area contributed by atoms with E-state index in [1.54, 1.807) is 0 Å². The molecule has 5 fully saturated rings. The van der Waals surface area contributed by atoms with E-state index < -0.39 is 0 Å². The lowest BCUT2D eigenvalue weighted by molar-refractivity contribution is -0.140. The fourth-order valence-corrected chi connectivity index (χ4v) is 7.27. The molecule has 5 rings (SSSR count). The fraction of sp³-hybridized carbons (Fsp3) is 0.895. The Morgan fingerprint density at radius 3 is 2.59 bits per heavy atom. The van der Waals surface area contributed by atoms with E-state index >= 15 is 0 Å². The number of carbonyl (C=O) groups is 2. The Kier molecular flexibility index (Phi) is 2.40. The van der Waals surface area contributed by atoms with Gasteiger partial charge in [0.05, 0.1) is 0 Å². The molecule has 0 unspecified atom stereocenters. The lowest BCUT2D eigenvalue weighted by Crippen LogP contribution is -2.58. The van der Waals surface area contributed by atoms with Gasteiger partial charge in [0.15, 0.2) is 5.78 Å². The molecule has 0 amide bonds. The van der Waals surface area contributed by atoms with Crippen molar-refractivity contribution in [1.82, 2.24) is 0 Å². The van der Waals surface area contributed by atoms with E-state index in [9.17, 15) is 9.59 Å². The number of Topliss-reactive ketones (excluding diaryl/α,β-unsaturated/α-hetero) is 2. The van der Waals surface area contributed by atoms with Crippen molar-refractivity contribution < 1.29 is 14.3 Å². The molecule has 4 saturated carbocycles. The monoisotopic (exact) mass is 302 g/mol. The number of ketones is 2. The van der Waals surface area contributed by atoms with E-state index in [2.05, 4.69) is 13.8 Å². The summed E-state index contributed by atoms with van der Waals surface area (Å²) < 4.78 is 6.07. The zero-order valence-corrected chi connectivity index (χ0v) is 13.7. The molecule has 0 aromatic carbocycles. The molecule has 120 valence electrons. The predicted octanol–water partition coefficient (Wildman–Crippen LogP) is 3.30. The van der Waals surface area contributed by atoms with Crippen LogP contribution in [-0.2, 0) is 14.3 Å². The Morgan fingerprint density at radius 2 is 1.77 bits per heavy atom. The second-order valence-electron chi connectivity index (χ2n) is 9.10. The van der Waals surface area contributed by atoms with Crippen molar-refractivity contribution in [3.8, 4) is 0 Å². The maximum absolute atomic E-state index is 12.4. The van der Waals surface area contributed by atoms with E-state index in [0.29, 0.717) is 35.7 Å². The minimum atomic E-state index is -0.125. The van der Waals surface area contributed by atoms with Gasteiger partial charge >= 0.3 is 0 Å². The largest absolute Gasteiger partial charge is 0.357 e. The minimum absolute atomic E-state index is 0.0453. The highest BCUT2D eigenvalue weighted by atomic mass is 16.6. The van der Waals surface area contributed by atoms with E-state index in [-0.39, 0.29) is 22.5 Å². The van der Waals surface area contributed by atoms with Gasteiger partial charge < -0.3 is 4.74 Å². The molecule has 0 N–H and O–H groups in total. The SMILES string of the molecule is C[C@@]12CC[C@@H]3[C@H](CC[C@@]45O[C@@H]4C(=O)CC[C@]35C)[C@H]1CCC2=O. The third-order valence-corrected chi connectivity index (χ3v) is 8.66. The molecule has 1 spiro atoms. The van der Waals surface area contributed by atoms with Crippen LogP contribution in [0.5, 0.6) is 0 Å². The van der Waals surface area contributed by atoms with E-state index in [1.165, 1.54) is 0 Å². The van der Waals surface area contributed by atoms with Gasteiger partial charge in [0.25, 0.3) is 0 Å². The van der Waals surface area contributed by atoms with Crippen LogP contribution < -0.4 is 0 Å². The van der Waals surface area contributed by atoms with Crippen molar-refractivity contribution in [2.45, 2.75) is 76.9 Å². The molecule has 1 aliphatic heterocycles. The van der Waals surface area contributed by atoms with Crippen LogP contribution >= 0.6 is 0 Å². The number of rotatable bonds is 0. The second-order valence-corrected chi connectivity index (χ2v) is 9.10. The molecule has 0 aromatic rings. The fourth-order valence-electron chi connectivity index (χ4n) is 7.27. The molecule has 5 aliphatic rings. The maximum atomic E-state index is 12.4. The zero-order valence-electron chi connectivity index (χ0n) is 13.7. The summed E-state index contributed by atoms with van der Waals surface area (Å²) in [4.78, 5) is 24.5. The molecule has 3 nitrogen and oxygen atoms in total. The highest BCUT2D eigenvalue weighted by Gasteiger charge is 2.76. The van der Waals surface area contributed by atoms with Gasteiger partial charge in [-0.25, -0.2) is 0 Å². The number of carbonyl (C=O) groups excluding carboxylic acids is 2. The molecule has 4 aliphatic carbocycles. The standard InChI is InChI=1S/C19H26O3/c1-17-8-6-13-11(12(17)3-4-15(17)21)5-10-19-16(22-19)14(20)7-9-18(13,19)2/h11-13,16H,3-10H2,1-2H3/t11-,12-,13-,16-,17-,18-,19-/m1/s1. The summed E-state index contributed by atoms with van der Waals surface area (Å²) in [6.07, 6.45) is 7.93. The first-order valence-electron chi connectivity index (χ1n) is 9.16. The summed E-state index contributed by atoms with van der Waals surface area (Å²) in [7, 11) is 0. The Balaban J connectivity index is 1.52. The van der Waals surface area contributed by atoms with Crippen LogP contribution in [0.2, 0.25) is 0 Å². The van der Waals surface area contributed by atoms with Gasteiger partial charge in [-0.05, 0) is 56.3 Å². The highest BCUT2D eigenvalue weighted by Crippen LogP contribution is 2.71. The molecule has 0 bridgehead atoms. The lowest BCUT2D eigenvalue weighted by Gasteiger charge is -2.58. The molecular weight excluding hydrogens is 276 g/mol. The van der Waals surface area contributed by atoms with Gasteiger partial charge in [-0.2, -0.15) is 0 Å². The summed E-state index contributed by atoms with van der Waals surface area (Å²) >= 11 is 0. The number of hydrogen-bond acceptors (Lipinski definition) is 3. The van der Waals surface area contributed by atoms with Crippen LogP contribution in [-0.4, -0.2) is 23.3 Å². The number of epoxide rings is 1. The first-order chi connectivity index (χ1) is 10.4. The van der Waals surface area contributed by atoms with E-state index in [4.69, 9.17) is 4.74 Å². The van der Waals surface area contributed by atoms with Crippen LogP contribution in [0.25, 0.3) is 0 Å². The summed E-state index contributed by atoms with van der Waals surface area (Å²) in [5, 5.41) is 0. The Bertz CT molecular complexity index is 583. The van der Waals surface area contributed by atoms with Crippen molar-refractivity contribution in [2.24, 2.45) is 28.6 Å². The first kappa shape index (κ1) is 13.7. The second kappa shape index (κ2) is 3.85. The van der Waals surface area contributed by atoms with Gasteiger partial charge in [-0.1, -0.05) is 13.8 Å². The number of hydrogen-bond donors (Lipinski definition) is 0. The van der Waals surface area contributed by atoms with Crippen LogP contribution in [0.4, 0.5) is 0 Å². The van der Waals surface area contributed by atoms with Gasteiger partial charge in [0, 0.05) is 23.7 Å². The molecular formula is C19H26O3. The lowest BCUT2D eigenvalue weighted by atomic mass is 9.45.